The molecule has 5 nitrogen and oxygen atoms in total. The van der Waals surface area contributed by atoms with Crippen molar-refractivity contribution >= 4 is 35.1 Å². The lowest BCUT2D eigenvalue weighted by Crippen LogP contribution is -2.20. The first-order valence-electron chi connectivity index (χ1n) is 6.92. The zero-order valence-electron chi connectivity index (χ0n) is 12.3. The number of carbonyl (C=O) groups is 2. The zero-order valence-corrected chi connectivity index (χ0v) is 13.8. The molecule has 122 valence electrons. The number of halogens is 2. The maximum absolute atomic E-state index is 11.5. The molecule has 0 spiro atoms. The summed E-state index contributed by atoms with van der Waals surface area (Å²) in [5.41, 5.74) is 0. The van der Waals surface area contributed by atoms with E-state index in [0.29, 0.717) is 11.6 Å². The number of carbonyl (C=O) groups excluding carboxylic acids is 2. The highest BCUT2D eigenvalue weighted by atomic mass is 35.5. The van der Waals surface area contributed by atoms with Gasteiger partial charge >= 0.3 is 11.9 Å². The van der Waals surface area contributed by atoms with E-state index in [-0.39, 0.29) is 24.0 Å². The summed E-state index contributed by atoms with van der Waals surface area (Å²) >= 11 is 11.6. The van der Waals surface area contributed by atoms with Crippen LogP contribution in [0.4, 0.5) is 0 Å². The van der Waals surface area contributed by atoms with Gasteiger partial charge in [-0.1, -0.05) is 43.0 Å². The van der Waals surface area contributed by atoms with Gasteiger partial charge in [-0.05, 0) is 24.6 Å². The highest BCUT2D eigenvalue weighted by Gasteiger charge is 2.10. The molecule has 0 atom stereocenters. The van der Waals surface area contributed by atoms with Crippen LogP contribution in [0, 0.1) is 0 Å². The van der Waals surface area contributed by atoms with Crippen molar-refractivity contribution in [2.45, 2.75) is 26.2 Å². The van der Waals surface area contributed by atoms with Gasteiger partial charge in [0.1, 0.15) is 19.0 Å². The molecular weight excluding hydrogens is 331 g/mol. The average molecular weight is 349 g/mol. The van der Waals surface area contributed by atoms with Gasteiger partial charge < -0.3 is 14.2 Å². The number of hydrogen-bond donors (Lipinski definition) is 0. The van der Waals surface area contributed by atoms with Gasteiger partial charge in [-0.2, -0.15) is 0 Å². The molecule has 0 aromatic heterocycles. The van der Waals surface area contributed by atoms with E-state index in [0.717, 1.165) is 19.3 Å². The smallest absolute Gasteiger partial charge is 0.337 e. The lowest BCUT2D eigenvalue weighted by Gasteiger charge is -2.07. The highest BCUT2D eigenvalue weighted by Crippen LogP contribution is 2.27. The fourth-order valence-electron chi connectivity index (χ4n) is 1.51. The maximum Gasteiger partial charge on any atom is 0.337 e. The number of benzene rings is 1. The van der Waals surface area contributed by atoms with Crippen molar-refractivity contribution in [2.24, 2.45) is 0 Å². The van der Waals surface area contributed by atoms with Crippen LogP contribution >= 0.6 is 23.2 Å². The van der Waals surface area contributed by atoms with Gasteiger partial charge in [0.05, 0.1) is 11.6 Å². The number of unbranched alkanes of at least 4 members (excludes halogenated alkanes) is 2. The molecule has 0 aliphatic rings. The van der Waals surface area contributed by atoms with E-state index < -0.39 is 11.9 Å². The second kappa shape index (κ2) is 10.4. The number of ether oxygens (including phenoxy) is 3. The Morgan fingerprint density at radius 1 is 1.09 bits per heavy atom. The summed E-state index contributed by atoms with van der Waals surface area (Å²) in [4.78, 5) is 22.8. The molecule has 22 heavy (non-hydrogen) atoms. The van der Waals surface area contributed by atoms with Gasteiger partial charge in [-0.3, -0.25) is 0 Å². The molecule has 1 aromatic rings. The van der Waals surface area contributed by atoms with Crippen molar-refractivity contribution in [1.82, 2.24) is 0 Å². The molecular formula is C15H18Cl2O5. The van der Waals surface area contributed by atoms with E-state index >= 15 is 0 Å². The van der Waals surface area contributed by atoms with Crippen LogP contribution in [0.2, 0.25) is 10.0 Å². The summed E-state index contributed by atoms with van der Waals surface area (Å²) < 4.78 is 14.8. The summed E-state index contributed by atoms with van der Waals surface area (Å²) in [5.74, 6) is -0.988. The van der Waals surface area contributed by atoms with Gasteiger partial charge in [0.25, 0.3) is 0 Å². The summed E-state index contributed by atoms with van der Waals surface area (Å²) in [5, 5.41) is 0.656. The van der Waals surface area contributed by atoms with Gasteiger partial charge in [-0.15, -0.1) is 0 Å². The second-order valence-electron chi connectivity index (χ2n) is 4.47. The standard InChI is InChI=1S/C15H18Cl2O5/c1-2-3-4-7-21-14(18)9-20-10-15(19)22-13-6-5-11(16)8-12(13)17/h5-6,8H,2-4,7,9-10H2,1H3. The van der Waals surface area contributed by atoms with Crippen molar-refractivity contribution < 1.29 is 23.8 Å². The van der Waals surface area contributed by atoms with E-state index in [4.69, 9.17) is 37.4 Å². The van der Waals surface area contributed by atoms with E-state index in [1.54, 1.807) is 6.07 Å². The van der Waals surface area contributed by atoms with Crippen molar-refractivity contribution in [3.05, 3.63) is 28.2 Å². The zero-order chi connectivity index (χ0) is 16.4. The Morgan fingerprint density at radius 2 is 1.82 bits per heavy atom. The van der Waals surface area contributed by atoms with E-state index in [1.807, 2.05) is 0 Å². The molecule has 7 heteroatoms. The number of rotatable bonds is 9. The Kier molecular flexibility index (Phi) is 8.89. The van der Waals surface area contributed by atoms with Crippen LogP contribution in [0.25, 0.3) is 0 Å². The van der Waals surface area contributed by atoms with Gasteiger partial charge in [0.2, 0.25) is 0 Å². The molecule has 1 aromatic carbocycles. The normalized spacial score (nSPS) is 10.3. The summed E-state index contributed by atoms with van der Waals surface area (Å²) in [6.07, 6.45) is 2.87. The molecule has 0 radical (unpaired) electrons. The molecule has 0 unspecified atom stereocenters. The molecule has 0 N–H and O–H groups in total. The van der Waals surface area contributed by atoms with E-state index in [9.17, 15) is 9.59 Å². The third kappa shape index (κ3) is 7.64. The van der Waals surface area contributed by atoms with Gasteiger partial charge in [-0.25, -0.2) is 9.59 Å². The SMILES string of the molecule is CCCCCOC(=O)COCC(=O)Oc1ccc(Cl)cc1Cl. The average Bonchev–Trinajstić information content (AvgIpc) is 2.47. The van der Waals surface area contributed by atoms with Crippen molar-refractivity contribution in [2.75, 3.05) is 19.8 Å². The van der Waals surface area contributed by atoms with Crippen LogP contribution < -0.4 is 4.74 Å². The Morgan fingerprint density at radius 3 is 2.50 bits per heavy atom. The van der Waals surface area contributed by atoms with Crippen molar-refractivity contribution in [3.8, 4) is 5.75 Å². The molecule has 0 aliphatic carbocycles. The predicted molar refractivity (Wildman–Crippen MR) is 83.4 cm³/mol. The summed E-state index contributed by atoms with van der Waals surface area (Å²) in [6, 6.07) is 4.48. The largest absolute Gasteiger partial charge is 0.464 e. The maximum atomic E-state index is 11.5. The van der Waals surface area contributed by atoms with Crippen molar-refractivity contribution in [3.63, 3.8) is 0 Å². The lowest BCUT2D eigenvalue weighted by molar-refractivity contribution is -0.152. The Labute approximate surface area is 139 Å². The lowest BCUT2D eigenvalue weighted by atomic mass is 10.3. The molecule has 1 rings (SSSR count). The minimum absolute atomic E-state index is 0.182. The molecule has 0 amide bonds. The molecule has 0 fully saturated rings. The number of esters is 2. The first-order chi connectivity index (χ1) is 10.5. The third-order valence-corrected chi connectivity index (χ3v) is 3.10. The van der Waals surface area contributed by atoms with Gasteiger partial charge in [0.15, 0.2) is 0 Å². The Bertz CT molecular complexity index is 505. The highest BCUT2D eigenvalue weighted by molar-refractivity contribution is 6.35. The minimum Gasteiger partial charge on any atom is -0.464 e. The fourth-order valence-corrected chi connectivity index (χ4v) is 1.95. The second-order valence-corrected chi connectivity index (χ2v) is 5.31. The van der Waals surface area contributed by atoms with E-state index in [1.165, 1.54) is 12.1 Å². The van der Waals surface area contributed by atoms with Crippen molar-refractivity contribution in [1.29, 1.82) is 0 Å². The predicted octanol–water partition coefficient (Wildman–Crippen LogP) is 3.65. The summed E-state index contributed by atoms with van der Waals surface area (Å²) in [6.45, 7) is 1.75. The number of hydrogen-bond acceptors (Lipinski definition) is 5. The molecule has 0 saturated heterocycles. The first-order valence-corrected chi connectivity index (χ1v) is 7.67. The van der Waals surface area contributed by atoms with Crippen LogP contribution in [-0.2, 0) is 19.1 Å². The van der Waals surface area contributed by atoms with Crippen LogP contribution in [0.5, 0.6) is 5.75 Å². The van der Waals surface area contributed by atoms with Crippen LogP contribution in [-0.4, -0.2) is 31.8 Å². The van der Waals surface area contributed by atoms with Crippen LogP contribution in [0.1, 0.15) is 26.2 Å². The molecule has 0 heterocycles. The van der Waals surface area contributed by atoms with Gasteiger partial charge in [0, 0.05) is 5.02 Å². The van der Waals surface area contributed by atoms with E-state index in [2.05, 4.69) is 6.92 Å². The van der Waals surface area contributed by atoms with Crippen LogP contribution in [0.15, 0.2) is 18.2 Å². The Hall–Kier alpha value is -1.30. The first kappa shape index (κ1) is 18.7. The minimum atomic E-state index is -0.664. The third-order valence-electron chi connectivity index (χ3n) is 2.57. The topological polar surface area (TPSA) is 61.8 Å². The summed E-state index contributed by atoms with van der Waals surface area (Å²) in [7, 11) is 0. The van der Waals surface area contributed by atoms with Crippen LogP contribution in [0.3, 0.4) is 0 Å². The Balaban J connectivity index is 2.21. The molecule has 0 aliphatic heterocycles. The quantitative estimate of drug-likeness (QED) is 0.387. The molecule has 0 bridgehead atoms. The molecule has 0 saturated carbocycles. The fraction of sp³-hybridized carbons (Fsp3) is 0.467. The monoisotopic (exact) mass is 348 g/mol.